The van der Waals surface area contributed by atoms with Crippen molar-refractivity contribution in [2.75, 3.05) is 39.0 Å². The summed E-state index contributed by atoms with van der Waals surface area (Å²) < 4.78 is 0. The van der Waals surface area contributed by atoms with Gasteiger partial charge in [0, 0.05) is 31.1 Å². The normalized spacial score (nSPS) is 16.3. The molecule has 0 saturated carbocycles. The van der Waals surface area contributed by atoms with Crippen molar-refractivity contribution in [2.24, 2.45) is 0 Å². The van der Waals surface area contributed by atoms with E-state index in [1.807, 2.05) is 22.4 Å². The van der Waals surface area contributed by atoms with Gasteiger partial charge < -0.3 is 15.5 Å². The van der Waals surface area contributed by atoms with E-state index < -0.39 is 0 Å². The lowest BCUT2D eigenvalue weighted by molar-refractivity contribution is -0.131. The number of anilines is 1. The number of rotatable bonds is 3. The molecule has 0 spiro atoms. The molecular weight excluding hydrogens is 304 g/mol. The zero-order chi connectivity index (χ0) is 14.8. The molecule has 1 aliphatic rings. The summed E-state index contributed by atoms with van der Waals surface area (Å²) in [5.41, 5.74) is 6.71. The molecule has 112 valence electrons. The van der Waals surface area contributed by atoms with Crippen LogP contribution in [0.4, 0.5) is 5.13 Å². The van der Waals surface area contributed by atoms with E-state index in [0.717, 1.165) is 41.6 Å². The number of thiazole rings is 1. The number of aromatic nitrogens is 1. The molecule has 3 rings (SSSR count). The molecule has 5 nitrogen and oxygen atoms in total. The third-order valence-electron chi connectivity index (χ3n) is 3.64. The van der Waals surface area contributed by atoms with Crippen LogP contribution in [-0.4, -0.2) is 53.9 Å². The van der Waals surface area contributed by atoms with Gasteiger partial charge in [-0.3, -0.25) is 4.79 Å². The molecule has 1 fully saturated rings. The number of nitrogens with zero attached hydrogens (tertiary/aromatic N) is 3. The average Bonchev–Trinajstić information content (AvgIpc) is 3.09. The first-order valence-corrected chi connectivity index (χ1v) is 8.58. The first-order valence-electron chi connectivity index (χ1n) is 6.89. The van der Waals surface area contributed by atoms with E-state index in [1.54, 1.807) is 11.3 Å². The third-order valence-corrected chi connectivity index (χ3v) is 5.40. The Morgan fingerprint density at radius 1 is 1.38 bits per heavy atom. The average molecular weight is 322 g/mol. The van der Waals surface area contributed by atoms with Gasteiger partial charge in [-0.1, -0.05) is 6.07 Å². The van der Waals surface area contributed by atoms with E-state index in [-0.39, 0.29) is 5.91 Å². The molecule has 0 aromatic carbocycles. The van der Waals surface area contributed by atoms with Crippen LogP contribution >= 0.6 is 22.7 Å². The quantitative estimate of drug-likeness (QED) is 0.935. The van der Waals surface area contributed by atoms with Gasteiger partial charge in [-0.2, -0.15) is 0 Å². The van der Waals surface area contributed by atoms with Crippen LogP contribution in [0.1, 0.15) is 4.88 Å². The number of thiophene rings is 1. The Bertz CT molecular complexity index is 615. The van der Waals surface area contributed by atoms with Crippen molar-refractivity contribution in [3.8, 4) is 10.6 Å². The number of carbonyl (C=O) groups is 1. The molecule has 1 saturated heterocycles. The van der Waals surface area contributed by atoms with Crippen molar-refractivity contribution in [1.82, 2.24) is 14.8 Å². The largest absolute Gasteiger partial charge is 0.375 e. The maximum absolute atomic E-state index is 12.5. The van der Waals surface area contributed by atoms with Gasteiger partial charge in [0.05, 0.1) is 17.0 Å². The standard InChI is InChI=1S/C14H18N4OS2/c1-17-4-6-18(7-5-17)12(19)9-11-13(16-14(15)21-11)10-3-2-8-20-10/h2-3,8H,4-7,9H2,1H3,(H2,15,16). The van der Waals surface area contributed by atoms with E-state index >= 15 is 0 Å². The Hall–Kier alpha value is -1.44. The lowest BCUT2D eigenvalue weighted by atomic mass is 10.2. The Morgan fingerprint density at radius 3 is 2.81 bits per heavy atom. The molecule has 0 unspecified atom stereocenters. The van der Waals surface area contributed by atoms with Crippen LogP contribution in [0.2, 0.25) is 0 Å². The summed E-state index contributed by atoms with van der Waals surface area (Å²) in [5, 5.41) is 2.54. The zero-order valence-corrected chi connectivity index (χ0v) is 13.5. The molecule has 2 N–H and O–H groups in total. The molecule has 21 heavy (non-hydrogen) atoms. The minimum Gasteiger partial charge on any atom is -0.375 e. The number of nitrogens with two attached hydrogens (primary N) is 1. The summed E-state index contributed by atoms with van der Waals surface area (Å²) in [6, 6.07) is 4.00. The number of hydrogen-bond acceptors (Lipinski definition) is 6. The number of nitrogen functional groups attached to an aromatic ring is 1. The summed E-state index contributed by atoms with van der Waals surface area (Å²) in [5.74, 6) is 0.171. The summed E-state index contributed by atoms with van der Waals surface area (Å²) in [7, 11) is 2.08. The highest BCUT2D eigenvalue weighted by atomic mass is 32.1. The van der Waals surface area contributed by atoms with Crippen molar-refractivity contribution >= 4 is 33.7 Å². The topological polar surface area (TPSA) is 62.5 Å². The number of likely N-dealkylation sites (N-methyl/N-ethyl adjacent to an activating group) is 1. The highest BCUT2D eigenvalue weighted by Crippen LogP contribution is 2.33. The van der Waals surface area contributed by atoms with E-state index in [9.17, 15) is 4.79 Å². The van der Waals surface area contributed by atoms with Crippen LogP contribution in [0.25, 0.3) is 10.6 Å². The number of amides is 1. The molecular formula is C14H18N4OS2. The smallest absolute Gasteiger partial charge is 0.227 e. The molecule has 2 aromatic rings. The monoisotopic (exact) mass is 322 g/mol. The maximum atomic E-state index is 12.5. The second-order valence-corrected chi connectivity index (χ2v) is 7.22. The fourth-order valence-corrected chi connectivity index (χ4v) is 4.04. The van der Waals surface area contributed by atoms with Crippen molar-refractivity contribution in [2.45, 2.75) is 6.42 Å². The Labute approximate surface area is 132 Å². The SMILES string of the molecule is CN1CCN(C(=O)Cc2sc(N)nc2-c2cccs2)CC1. The van der Waals surface area contributed by atoms with E-state index in [1.165, 1.54) is 11.3 Å². The molecule has 7 heteroatoms. The van der Waals surface area contributed by atoms with E-state index in [0.29, 0.717) is 11.6 Å². The summed E-state index contributed by atoms with van der Waals surface area (Å²) >= 11 is 3.04. The third kappa shape index (κ3) is 3.25. The van der Waals surface area contributed by atoms with E-state index in [2.05, 4.69) is 16.9 Å². The lowest BCUT2D eigenvalue weighted by Crippen LogP contribution is -2.47. The summed E-state index contributed by atoms with van der Waals surface area (Å²) in [4.78, 5) is 23.1. The van der Waals surface area contributed by atoms with Gasteiger partial charge in [0.25, 0.3) is 0 Å². The predicted octanol–water partition coefficient (Wildman–Crippen LogP) is 1.77. The van der Waals surface area contributed by atoms with Gasteiger partial charge in [-0.05, 0) is 18.5 Å². The van der Waals surface area contributed by atoms with Crippen LogP contribution < -0.4 is 5.73 Å². The van der Waals surface area contributed by atoms with Crippen molar-refractivity contribution in [3.63, 3.8) is 0 Å². The van der Waals surface area contributed by atoms with Crippen LogP contribution in [0.5, 0.6) is 0 Å². The number of carbonyl (C=O) groups excluding carboxylic acids is 1. The first kappa shape index (κ1) is 14.5. The van der Waals surface area contributed by atoms with Crippen molar-refractivity contribution < 1.29 is 4.79 Å². The molecule has 3 heterocycles. The number of piperazine rings is 1. The second-order valence-electron chi connectivity index (χ2n) is 5.16. The van der Waals surface area contributed by atoms with Crippen molar-refractivity contribution in [3.05, 3.63) is 22.4 Å². The minimum absolute atomic E-state index is 0.171. The van der Waals surface area contributed by atoms with Crippen LogP contribution in [-0.2, 0) is 11.2 Å². The molecule has 0 aliphatic carbocycles. The molecule has 2 aromatic heterocycles. The molecule has 0 bridgehead atoms. The predicted molar refractivity (Wildman–Crippen MR) is 87.6 cm³/mol. The molecule has 1 amide bonds. The van der Waals surface area contributed by atoms with Gasteiger partial charge in [0.15, 0.2) is 5.13 Å². The van der Waals surface area contributed by atoms with Gasteiger partial charge in [0.1, 0.15) is 0 Å². The van der Waals surface area contributed by atoms with Crippen molar-refractivity contribution in [1.29, 1.82) is 0 Å². The maximum Gasteiger partial charge on any atom is 0.227 e. The Balaban J connectivity index is 1.74. The second kappa shape index (κ2) is 6.13. The van der Waals surface area contributed by atoms with Crippen LogP contribution in [0.3, 0.4) is 0 Å². The highest BCUT2D eigenvalue weighted by Gasteiger charge is 2.22. The van der Waals surface area contributed by atoms with Crippen LogP contribution in [0, 0.1) is 0 Å². The van der Waals surface area contributed by atoms with E-state index in [4.69, 9.17) is 5.73 Å². The molecule has 0 radical (unpaired) electrons. The first-order chi connectivity index (χ1) is 10.1. The van der Waals surface area contributed by atoms with Gasteiger partial charge >= 0.3 is 0 Å². The lowest BCUT2D eigenvalue weighted by Gasteiger charge is -2.32. The zero-order valence-electron chi connectivity index (χ0n) is 11.9. The van der Waals surface area contributed by atoms with Crippen LogP contribution in [0.15, 0.2) is 17.5 Å². The van der Waals surface area contributed by atoms with Gasteiger partial charge in [-0.25, -0.2) is 4.98 Å². The fraction of sp³-hybridized carbons (Fsp3) is 0.429. The summed E-state index contributed by atoms with van der Waals surface area (Å²) in [6.07, 6.45) is 0.395. The number of hydrogen-bond donors (Lipinski definition) is 1. The fourth-order valence-electron chi connectivity index (χ4n) is 2.40. The van der Waals surface area contributed by atoms with Gasteiger partial charge in [0.2, 0.25) is 5.91 Å². The Kier molecular flexibility index (Phi) is 4.23. The minimum atomic E-state index is 0.171. The molecule has 1 aliphatic heterocycles. The highest BCUT2D eigenvalue weighted by molar-refractivity contribution is 7.17. The Morgan fingerprint density at radius 2 is 2.14 bits per heavy atom. The summed E-state index contributed by atoms with van der Waals surface area (Å²) in [6.45, 7) is 3.48. The molecule has 0 atom stereocenters. The van der Waals surface area contributed by atoms with Gasteiger partial charge in [-0.15, -0.1) is 22.7 Å².